The van der Waals surface area contributed by atoms with E-state index >= 15 is 0 Å². The van der Waals surface area contributed by atoms with Crippen LogP contribution >= 0.6 is 0 Å². The molecule has 1 fully saturated rings. The number of nitrogens with zero attached hydrogens (tertiary/aromatic N) is 1. The van der Waals surface area contributed by atoms with E-state index < -0.39 is 0 Å². The van der Waals surface area contributed by atoms with Crippen LogP contribution in [-0.2, 0) is 0 Å². The van der Waals surface area contributed by atoms with Gasteiger partial charge in [-0.3, -0.25) is 4.90 Å². The second-order valence-electron chi connectivity index (χ2n) is 5.21. The maximum absolute atomic E-state index is 5.64. The highest BCUT2D eigenvalue weighted by Gasteiger charge is 2.32. The van der Waals surface area contributed by atoms with Crippen LogP contribution in [0.3, 0.4) is 0 Å². The summed E-state index contributed by atoms with van der Waals surface area (Å²) in [6.07, 6.45) is 5.29. The van der Waals surface area contributed by atoms with Crippen LogP contribution in [0.1, 0.15) is 51.8 Å². The first-order valence-corrected chi connectivity index (χ1v) is 7.32. The Morgan fingerprint density at radius 2 is 2.22 bits per heavy atom. The van der Waals surface area contributed by atoms with Crippen molar-refractivity contribution in [1.82, 2.24) is 10.2 Å². The van der Waals surface area contributed by atoms with Crippen molar-refractivity contribution in [3.63, 3.8) is 0 Å². The molecule has 1 saturated heterocycles. The second-order valence-corrected chi connectivity index (χ2v) is 5.21. The van der Waals surface area contributed by atoms with Crippen molar-refractivity contribution in [2.45, 2.75) is 58.2 Å². The molecule has 2 heterocycles. The van der Waals surface area contributed by atoms with Gasteiger partial charge in [0, 0.05) is 25.2 Å². The molecule has 1 aliphatic rings. The van der Waals surface area contributed by atoms with Crippen molar-refractivity contribution in [3.8, 4) is 0 Å². The third-order valence-corrected chi connectivity index (χ3v) is 4.17. The van der Waals surface area contributed by atoms with E-state index in [4.69, 9.17) is 4.42 Å². The van der Waals surface area contributed by atoms with Gasteiger partial charge in [-0.05, 0) is 31.4 Å². The standard InChI is InChI=1S/C15H26N2O/c1-4-12-11-17(13(5-2)10-16-12)14(6-3)15-8-7-9-18-15/h7-9,12-14,16H,4-6,10-11H2,1-3H3. The summed E-state index contributed by atoms with van der Waals surface area (Å²) in [6, 6.07) is 5.79. The Kier molecular flexibility index (Phi) is 4.84. The van der Waals surface area contributed by atoms with E-state index in [9.17, 15) is 0 Å². The van der Waals surface area contributed by atoms with Crippen LogP contribution in [-0.4, -0.2) is 30.1 Å². The lowest BCUT2D eigenvalue weighted by Gasteiger charge is -2.43. The highest BCUT2D eigenvalue weighted by atomic mass is 16.3. The third kappa shape index (κ3) is 2.78. The number of nitrogens with one attached hydrogen (secondary N) is 1. The molecule has 3 heteroatoms. The maximum atomic E-state index is 5.64. The van der Waals surface area contributed by atoms with Crippen molar-refractivity contribution in [1.29, 1.82) is 0 Å². The van der Waals surface area contributed by atoms with Crippen LogP contribution in [0, 0.1) is 0 Å². The zero-order chi connectivity index (χ0) is 13.0. The molecule has 3 unspecified atom stereocenters. The summed E-state index contributed by atoms with van der Waals surface area (Å²) < 4.78 is 5.64. The summed E-state index contributed by atoms with van der Waals surface area (Å²) in [7, 11) is 0. The Morgan fingerprint density at radius 1 is 1.39 bits per heavy atom. The van der Waals surface area contributed by atoms with Crippen molar-refractivity contribution in [2.24, 2.45) is 0 Å². The van der Waals surface area contributed by atoms with Crippen molar-refractivity contribution in [2.75, 3.05) is 13.1 Å². The predicted octanol–water partition coefficient (Wildman–Crippen LogP) is 3.19. The summed E-state index contributed by atoms with van der Waals surface area (Å²) >= 11 is 0. The highest BCUT2D eigenvalue weighted by Crippen LogP contribution is 2.29. The fourth-order valence-corrected chi connectivity index (χ4v) is 3.00. The molecular weight excluding hydrogens is 224 g/mol. The Balaban J connectivity index is 2.15. The van der Waals surface area contributed by atoms with Gasteiger partial charge >= 0.3 is 0 Å². The first-order valence-electron chi connectivity index (χ1n) is 7.32. The van der Waals surface area contributed by atoms with E-state index in [0.29, 0.717) is 18.1 Å². The van der Waals surface area contributed by atoms with E-state index in [2.05, 4.69) is 37.1 Å². The molecule has 1 aromatic rings. The molecule has 0 saturated carbocycles. The van der Waals surface area contributed by atoms with Gasteiger partial charge in [0.1, 0.15) is 5.76 Å². The lowest BCUT2D eigenvalue weighted by molar-refractivity contribution is 0.0643. The fourth-order valence-electron chi connectivity index (χ4n) is 3.00. The van der Waals surface area contributed by atoms with Crippen LogP contribution in [0.5, 0.6) is 0 Å². The summed E-state index contributed by atoms with van der Waals surface area (Å²) in [4.78, 5) is 2.64. The fraction of sp³-hybridized carbons (Fsp3) is 0.733. The van der Waals surface area contributed by atoms with Crippen LogP contribution in [0.15, 0.2) is 22.8 Å². The van der Waals surface area contributed by atoms with E-state index in [1.807, 2.05) is 6.07 Å². The SMILES string of the molecule is CCC1CN(C(CC)c2ccco2)C(CC)CN1. The van der Waals surface area contributed by atoms with Gasteiger partial charge in [-0.2, -0.15) is 0 Å². The summed E-state index contributed by atoms with van der Waals surface area (Å²) in [5.74, 6) is 1.12. The lowest BCUT2D eigenvalue weighted by atomic mass is 10.00. The predicted molar refractivity (Wildman–Crippen MR) is 74.6 cm³/mol. The van der Waals surface area contributed by atoms with Gasteiger partial charge in [0.05, 0.1) is 12.3 Å². The molecule has 102 valence electrons. The normalized spacial score (nSPS) is 27.3. The molecule has 0 aromatic carbocycles. The van der Waals surface area contributed by atoms with Crippen LogP contribution in [0.25, 0.3) is 0 Å². The van der Waals surface area contributed by atoms with E-state index in [1.54, 1.807) is 6.26 Å². The number of piperazine rings is 1. The van der Waals surface area contributed by atoms with Crippen LogP contribution in [0.2, 0.25) is 0 Å². The number of furan rings is 1. The quantitative estimate of drug-likeness (QED) is 0.870. The average Bonchev–Trinajstić information content (AvgIpc) is 2.93. The van der Waals surface area contributed by atoms with Crippen molar-refractivity contribution in [3.05, 3.63) is 24.2 Å². The van der Waals surface area contributed by atoms with Gasteiger partial charge in [-0.1, -0.05) is 20.8 Å². The Bertz CT molecular complexity index is 336. The molecule has 1 aliphatic heterocycles. The first-order chi connectivity index (χ1) is 8.80. The monoisotopic (exact) mass is 250 g/mol. The zero-order valence-corrected chi connectivity index (χ0v) is 11.9. The first kappa shape index (κ1) is 13.6. The minimum Gasteiger partial charge on any atom is -0.468 e. The average molecular weight is 250 g/mol. The number of hydrogen-bond acceptors (Lipinski definition) is 3. The summed E-state index contributed by atoms with van der Waals surface area (Å²) in [6.45, 7) is 9.03. The molecule has 18 heavy (non-hydrogen) atoms. The van der Waals surface area contributed by atoms with Crippen LogP contribution in [0.4, 0.5) is 0 Å². The molecule has 0 bridgehead atoms. The van der Waals surface area contributed by atoms with Crippen molar-refractivity contribution >= 4 is 0 Å². The zero-order valence-electron chi connectivity index (χ0n) is 11.9. The van der Waals surface area contributed by atoms with Crippen LogP contribution < -0.4 is 5.32 Å². The smallest absolute Gasteiger partial charge is 0.120 e. The lowest BCUT2D eigenvalue weighted by Crippen LogP contribution is -2.56. The van der Waals surface area contributed by atoms with Gasteiger partial charge in [0.15, 0.2) is 0 Å². The molecule has 1 aromatic heterocycles. The molecule has 2 rings (SSSR count). The molecule has 0 aliphatic carbocycles. The van der Waals surface area contributed by atoms with E-state index in [-0.39, 0.29) is 0 Å². The second kappa shape index (κ2) is 6.39. The minimum absolute atomic E-state index is 0.432. The summed E-state index contributed by atoms with van der Waals surface area (Å²) in [5.41, 5.74) is 0. The Hall–Kier alpha value is -0.800. The van der Waals surface area contributed by atoms with Gasteiger partial charge in [0.25, 0.3) is 0 Å². The molecule has 3 nitrogen and oxygen atoms in total. The molecular formula is C15H26N2O. The van der Waals surface area contributed by atoms with E-state index in [1.165, 1.54) is 12.8 Å². The minimum atomic E-state index is 0.432. The maximum Gasteiger partial charge on any atom is 0.120 e. The Morgan fingerprint density at radius 3 is 2.78 bits per heavy atom. The van der Waals surface area contributed by atoms with Gasteiger partial charge in [-0.25, -0.2) is 0 Å². The highest BCUT2D eigenvalue weighted by molar-refractivity contribution is 5.06. The molecule has 0 spiro atoms. The van der Waals surface area contributed by atoms with Gasteiger partial charge in [0.2, 0.25) is 0 Å². The largest absolute Gasteiger partial charge is 0.468 e. The third-order valence-electron chi connectivity index (χ3n) is 4.17. The number of rotatable bonds is 5. The molecule has 0 radical (unpaired) electrons. The van der Waals surface area contributed by atoms with Gasteiger partial charge in [-0.15, -0.1) is 0 Å². The van der Waals surface area contributed by atoms with E-state index in [0.717, 1.165) is 25.3 Å². The number of hydrogen-bond donors (Lipinski definition) is 1. The van der Waals surface area contributed by atoms with Gasteiger partial charge < -0.3 is 9.73 Å². The molecule has 0 amide bonds. The summed E-state index contributed by atoms with van der Waals surface area (Å²) in [5, 5.41) is 3.65. The topological polar surface area (TPSA) is 28.4 Å². The van der Waals surface area contributed by atoms with Crippen molar-refractivity contribution < 1.29 is 4.42 Å². The Labute approximate surface area is 111 Å². The molecule has 3 atom stereocenters. The molecule has 1 N–H and O–H groups in total.